The number of benzene rings is 2. The Hall–Kier alpha value is -2.02. The van der Waals surface area contributed by atoms with Crippen molar-refractivity contribution < 1.29 is 0 Å². The van der Waals surface area contributed by atoms with Gasteiger partial charge in [-0.1, -0.05) is 29.8 Å². The Morgan fingerprint density at radius 1 is 1.14 bits per heavy atom. The van der Waals surface area contributed by atoms with E-state index in [-0.39, 0.29) is 0 Å². The Morgan fingerprint density at radius 2 is 1.81 bits per heavy atom. The third kappa shape index (κ3) is 3.98. The Bertz CT molecular complexity index is 644. The third-order valence-electron chi connectivity index (χ3n) is 3.31. The zero-order valence-corrected chi connectivity index (χ0v) is 13.0. The Balaban J connectivity index is 2.20. The van der Waals surface area contributed by atoms with Crippen LogP contribution in [-0.4, -0.2) is 14.1 Å². The first kappa shape index (κ1) is 15.4. The summed E-state index contributed by atoms with van der Waals surface area (Å²) in [6, 6.07) is 16.0. The minimum atomic E-state index is 0.694. The van der Waals surface area contributed by atoms with E-state index in [1.165, 1.54) is 0 Å². The van der Waals surface area contributed by atoms with Crippen molar-refractivity contribution >= 4 is 17.3 Å². The van der Waals surface area contributed by atoms with Gasteiger partial charge in [-0.25, -0.2) is 0 Å². The number of anilines is 1. The highest BCUT2D eigenvalue weighted by Gasteiger charge is 2.09. The summed E-state index contributed by atoms with van der Waals surface area (Å²) in [4.78, 5) is 2.07. The average molecular weight is 300 g/mol. The molecule has 0 heterocycles. The van der Waals surface area contributed by atoms with Crippen molar-refractivity contribution in [2.24, 2.45) is 0 Å². The molecule has 0 spiro atoms. The minimum Gasteiger partial charge on any atom is -0.369 e. The Kier molecular flexibility index (Phi) is 5.21. The topological polar surface area (TPSA) is 39.1 Å². The molecule has 3 nitrogen and oxygen atoms in total. The van der Waals surface area contributed by atoms with Crippen LogP contribution in [0.5, 0.6) is 0 Å². The van der Waals surface area contributed by atoms with Gasteiger partial charge in [0.2, 0.25) is 0 Å². The van der Waals surface area contributed by atoms with Crippen molar-refractivity contribution in [1.29, 1.82) is 5.26 Å². The van der Waals surface area contributed by atoms with Crippen molar-refractivity contribution in [3.63, 3.8) is 0 Å². The van der Waals surface area contributed by atoms with Gasteiger partial charge in [0.15, 0.2) is 0 Å². The molecule has 0 saturated heterocycles. The summed E-state index contributed by atoms with van der Waals surface area (Å²) < 4.78 is 0. The van der Waals surface area contributed by atoms with Gasteiger partial charge in [-0.2, -0.15) is 5.26 Å². The van der Waals surface area contributed by atoms with Gasteiger partial charge in [-0.3, -0.25) is 0 Å². The molecule has 0 aliphatic heterocycles. The number of nitrogens with zero attached hydrogens (tertiary/aromatic N) is 2. The number of nitriles is 1. The number of halogens is 1. The van der Waals surface area contributed by atoms with Crippen LogP contribution in [-0.2, 0) is 13.1 Å². The summed E-state index contributed by atoms with van der Waals surface area (Å²) in [7, 11) is 3.88. The van der Waals surface area contributed by atoms with Crippen molar-refractivity contribution in [3.8, 4) is 6.07 Å². The predicted octanol–water partition coefficient (Wildman–Crippen LogP) is 3.57. The largest absolute Gasteiger partial charge is 0.369 e. The van der Waals surface area contributed by atoms with Crippen LogP contribution in [0.3, 0.4) is 0 Å². The van der Waals surface area contributed by atoms with Crippen molar-refractivity contribution in [3.05, 3.63) is 64.2 Å². The van der Waals surface area contributed by atoms with E-state index in [9.17, 15) is 5.26 Å². The lowest BCUT2D eigenvalue weighted by Gasteiger charge is -2.21. The van der Waals surface area contributed by atoms with Gasteiger partial charge >= 0.3 is 0 Å². The van der Waals surface area contributed by atoms with E-state index in [0.717, 1.165) is 34.9 Å². The third-order valence-corrected chi connectivity index (χ3v) is 3.56. The van der Waals surface area contributed by atoms with Crippen LogP contribution in [0.15, 0.2) is 42.5 Å². The molecule has 1 N–H and O–H groups in total. The van der Waals surface area contributed by atoms with E-state index in [1.54, 1.807) is 0 Å². The second kappa shape index (κ2) is 7.12. The fraction of sp³-hybridized carbons (Fsp3) is 0.235. The van der Waals surface area contributed by atoms with Crippen LogP contribution in [0, 0.1) is 11.3 Å². The zero-order valence-electron chi connectivity index (χ0n) is 12.2. The van der Waals surface area contributed by atoms with Crippen LogP contribution in [0.25, 0.3) is 0 Å². The molecule has 0 bridgehead atoms. The molecular formula is C17H18ClN3. The molecule has 0 aliphatic carbocycles. The van der Waals surface area contributed by atoms with Crippen LogP contribution in [0.2, 0.25) is 5.02 Å². The van der Waals surface area contributed by atoms with Crippen LogP contribution in [0.4, 0.5) is 5.69 Å². The average Bonchev–Trinajstić information content (AvgIpc) is 2.49. The standard InChI is InChI=1S/C17H18ClN3/c1-20-11-14-5-8-17(15(9-14)10-19)21(2)12-13-3-6-16(18)7-4-13/h3-9,20H,11-12H2,1-2H3. The first-order valence-electron chi connectivity index (χ1n) is 6.77. The summed E-state index contributed by atoms with van der Waals surface area (Å²) in [6.45, 7) is 1.49. The highest BCUT2D eigenvalue weighted by atomic mass is 35.5. The molecule has 2 aromatic rings. The molecule has 0 saturated carbocycles. The molecule has 0 fully saturated rings. The fourth-order valence-electron chi connectivity index (χ4n) is 2.27. The van der Waals surface area contributed by atoms with Gasteiger partial charge in [0, 0.05) is 25.2 Å². The van der Waals surface area contributed by atoms with Crippen LogP contribution < -0.4 is 10.2 Å². The van der Waals surface area contributed by atoms with E-state index in [4.69, 9.17) is 11.6 Å². The van der Waals surface area contributed by atoms with Gasteiger partial charge in [0.05, 0.1) is 11.3 Å². The first-order valence-corrected chi connectivity index (χ1v) is 7.15. The SMILES string of the molecule is CNCc1ccc(N(C)Cc2ccc(Cl)cc2)c(C#N)c1. The maximum Gasteiger partial charge on any atom is 0.101 e. The molecule has 2 aromatic carbocycles. The maximum atomic E-state index is 9.35. The molecular weight excluding hydrogens is 282 g/mol. The molecule has 2 rings (SSSR count). The number of rotatable bonds is 5. The number of hydrogen-bond donors (Lipinski definition) is 1. The lowest BCUT2D eigenvalue weighted by molar-refractivity contribution is 0.816. The van der Waals surface area contributed by atoms with E-state index >= 15 is 0 Å². The molecule has 108 valence electrons. The van der Waals surface area contributed by atoms with E-state index < -0.39 is 0 Å². The first-order chi connectivity index (χ1) is 10.1. The molecule has 0 aromatic heterocycles. The number of hydrogen-bond acceptors (Lipinski definition) is 3. The van der Waals surface area contributed by atoms with Crippen molar-refractivity contribution in [2.75, 3.05) is 19.0 Å². The predicted molar refractivity (Wildman–Crippen MR) is 87.5 cm³/mol. The van der Waals surface area contributed by atoms with Gasteiger partial charge in [0.25, 0.3) is 0 Å². The maximum absolute atomic E-state index is 9.35. The zero-order chi connectivity index (χ0) is 15.2. The van der Waals surface area contributed by atoms with Gasteiger partial charge in [-0.05, 0) is 42.4 Å². The van der Waals surface area contributed by atoms with Gasteiger partial charge < -0.3 is 10.2 Å². The monoisotopic (exact) mass is 299 g/mol. The van der Waals surface area contributed by atoms with Crippen molar-refractivity contribution in [1.82, 2.24) is 5.32 Å². The van der Waals surface area contributed by atoms with Gasteiger partial charge in [0.1, 0.15) is 6.07 Å². The molecule has 0 amide bonds. The molecule has 0 radical (unpaired) electrons. The highest BCUT2D eigenvalue weighted by molar-refractivity contribution is 6.30. The van der Waals surface area contributed by atoms with Crippen LogP contribution in [0.1, 0.15) is 16.7 Å². The Labute approximate surface area is 130 Å². The van der Waals surface area contributed by atoms with Gasteiger partial charge in [-0.15, -0.1) is 0 Å². The summed E-state index contributed by atoms with van der Waals surface area (Å²) >= 11 is 5.90. The van der Waals surface area contributed by atoms with Crippen molar-refractivity contribution in [2.45, 2.75) is 13.1 Å². The molecule has 0 atom stereocenters. The lowest BCUT2D eigenvalue weighted by Crippen LogP contribution is -2.18. The molecule has 0 aliphatic rings. The molecule has 4 heteroatoms. The summed E-state index contributed by atoms with van der Waals surface area (Å²) in [5.41, 5.74) is 3.90. The highest BCUT2D eigenvalue weighted by Crippen LogP contribution is 2.22. The summed E-state index contributed by atoms with van der Waals surface area (Å²) in [5, 5.41) is 13.2. The second-order valence-electron chi connectivity index (χ2n) is 4.98. The molecule has 21 heavy (non-hydrogen) atoms. The smallest absolute Gasteiger partial charge is 0.101 e. The number of nitrogens with one attached hydrogen (secondary N) is 1. The summed E-state index contributed by atoms with van der Waals surface area (Å²) in [5.74, 6) is 0. The quantitative estimate of drug-likeness (QED) is 0.917. The van der Waals surface area contributed by atoms with Crippen LogP contribution >= 0.6 is 11.6 Å². The fourth-order valence-corrected chi connectivity index (χ4v) is 2.39. The normalized spacial score (nSPS) is 10.2. The second-order valence-corrected chi connectivity index (χ2v) is 5.41. The minimum absolute atomic E-state index is 0.694. The Morgan fingerprint density at radius 3 is 2.43 bits per heavy atom. The lowest BCUT2D eigenvalue weighted by atomic mass is 10.1. The summed E-state index contributed by atoms with van der Waals surface area (Å²) in [6.07, 6.45) is 0. The van der Waals surface area contributed by atoms with E-state index in [2.05, 4.69) is 16.3 Å². The molecule has 0 unspecified atom stereocenters. The van der Waals surface area contributed by atoms with E-state index in [0.29, 0.717) is 5.56 Å². The van der Waals surface area contributed by atoms with E-state index in [1.807, 2.05) is 56.6 Å².